The molecule has 0 radical (unpaired) electrons. The number of carboxylic acid groups (broad SMARTS) is 1. The number of rotatable bonds is 5. The van der Waals surface area contributed by atoms with Crippen molar-refractivity contribution in [2.45, 2.75) is 43.6 Å². The number of carbonyl (C=O) groups is 1. The standard InChI is InChI=1S/C10H19NO3S/c1-7-8(3-5-14-7)15-6-4-10(2,11)9(12)13/h7-8H,3-6,11H2,1-2H3,(H,12,13). The van der Waals surface area contributed by atoms with Crippen LogP contribution in [0.4, 0.5) is 0 Å². The van der Waals surface area contributed by atoms with Crippen molar-refractivity contribution in [1.29, 1.82) is 0 Å². The maximum atomic E-state index is 10.8. The summed E-state index contributed by atoms with van der Waals surface area (Å²) in [4.78, 5) is 10.8. The maximum absolute atomic E-state index is 10.8. The van der Waals surface area contributed by atoms with Crippen molar-refractivity contribution in [3.05, 3.63) is 0 Å². The van der Waals surface area contributed by atoms with Gasteiger partial charge in [0.1, 0.15) is 5.54 Å². The van der Waals surface area contributed by atoms with Gasteiger partial charge < -0.3 is 15.6 Å². The summed E-state index contributed by atoms with van der Waals surface area (Å²) >= 11 is 1.77. The van der Waals surface area contributed by atoms with Crippen molar-refractivity contribution in [2.24, 2.45) is 5.73 Å². The zero-order valence-corrected chi connectivity index (χ0v) is 10.0. The van der Waals surface area contributed by atoms with Crippen LogP contribution in [-0.4, -0.2) is 40.3 Å². The SMILES string of the molecule is CC1OCCC1SCCC(C)(N)C(=O)O. The fraction of sp³-hybridized carbons (Fsp3) is 0.900. The number of ether oxygens (including phenoxy) is 1. The first-order valence-electron chi connectivity index (χ1n) is 5.19. The van der Waals surface area contributed by atoms with E-state index in [9.17, 15) is 4.79 Å². The smallest absolute Gasteiger partial charge is 0.323 e. The Morgan fingerprint density at radius 3 is 2.87 bits per heavy atom. The average molecular weight is 233 g/mol. The van der Waals surface area contributed by atoms with Gasteiger partial charge in [0.15, 0.2) is 0 Å². The summed E-state index contributed by atoms with van der Waals surface area (Å²) in [7, 11) is 0. The Bertz CT molecular complexity index is 233. The molecular weight excluding hydrogens is 214 g/mol. The largest absolute Gasteiger partial charge is 0.480 e. The Morgan fingerprint density at radius 1 is 1.73 bits per heavy atom. The summed E-state index contributed by atoms with van der Waals surface area (Å²) in [5, 5.41) is 9.32. The van der Waals surface area contributed by atoms with Crippen molar-refractivity contribution in [3.8, 4) is 0 Å². The van der Waals surface area contributed by atoms with Crippen LogP contribution in [-0.2, 0) is 9.53 Å². The minimum atomic E-state index is -1.10. The summed E-state index contributed by atoms with van der Waals surface area (Å²) in [6, 6.07) is 0. The summed E-state index contributed by atoms with van der Waals surface area (Å²) in [5.74, 6) is -0.156. The topological polar surface area (TPSA) is 72.5 Å². The second-order valence-electron chi connectivity index (χ2n) is 4.25. The molecule has 0 amide bonds. The van der Waals surface area contributed by atoms with E-state index in [1.54, 1.807) is 18.7 Å². The van der Waals surface area contributed by atoms with Crippen LogP contribution in [0.3, 0.4) is 0 Å². The lowest BCUT2D eigenvalue weighted by molar-refractivity contribution is -0.142. The first-order chi connectivity index (χ1) is 6.93. The Labute approximate surface area is 94.6 Å². The molecule has 0 aromatic rings. The highest BCUT2D eigenvalue weighted by Gasteiger charge is 2.29. The van der Waals surface area contributed by atoms with E-state index in [4.69, 9.17) is 15.6 Å². The van der Waals surface area contributed by atoms with E-state index >= 15 is 0 Å². The zero-order chi connectivity index (χ0) is 11.5. The molecule has 1 aliphatic heterocycles. The van der Waals surface area contributed by atoms with Gasteiger partial charge in [-0.1, -0.05) is 0 Å². The van der Waals surface area contributed by atoms with Crippen molar-refractivity contribution in [2.75, 3.05) is 12.4 Å². The Hall–Kier alpha value is -0.260. The number of thioether (sulfide) groups is 1. The number of nitrogens with two attached hydrogens (primary N) is 1. The van der Waals surface area contributed by atoms with Gasteiger partial charge in [-0.15, -0.1) is 0 Å². The van der Waals surface area contributed by atoms with Gasteiger partial charge in [-0.05, 0) is 32.4 Å². The number of aliphatic carboxylic acids is 1. The lowest BCUT2D eigenvalue weighted by Gasteiger charge is -2.20. The monoisotopic (exact) mass is 233 g/mol. The number of carboxylic acids is 1. The average Bonchev–Trinajstić information content (AvgIpc) is 2.51. The third-order valence-electron chi connectivity index (χ3n) is 2.75. The third-order valence-corrected chi connectivity index (χ3v) is 4.24. The van der Waals surface area contributed by atoms with Crippen LogP contribution in [0.5, 0.6) is 0 Å². The first-order valence-corrected chi connectivity index (χ1v) is 6.24. The highest BCUT2D eigenvalue weighted by molar-refractivity contribution is 7.99. The molecule has 0 aliphatic carbocycles. The van der Waals surface area contributed by atoms with Gasteiger partial charge in [0.25, 0.3) is 0 Å². The van der Waals surface area contributed by atoms with E-state index in [-0.39, 0.29) is 6.10 Å². The van der Waals surface area contributed by atoms with Gasteiger partial charge in [-0.25, -0.2) is 0 Å². The van der Waals surface area contributed by atoms with Gasteiger partial charge in [-0.2, -0.15) is 11.8 Å². The van der Waals surface area contributed by atoms with E-state index in [0.29, 0.717) is 11.7 Å². The number of hydrogen-bond acceptors (Lipinski definition) is 4. The van der Waals surface area contributed by atoms with Crippen LogP contribution in [0.25, 0.3) is 0 Å². The second kappa shape index (κ2) is 5.18. The molecule has 0 spiro atoms. The lowest BCUT2D eigenvalue weighted by atomic mass is 10.0. The molecule has 15 heavy (non-hydrogen) atoms. The highest BCUT2D eigenvalue weighted by atomic mass is 32.2. The van der Waals surface area contributed by atoms with E-state index < -0.39 is 11.5 Å². The van der Waals surface area contributed by atoms with Crippen LogP contribution in [0.2, 0.25) is 0 Å². The molecule has 1 aliphatic rings. The molecular formula is C10H19NO3S. The first kappa shape index (κ1) is 12.8. The molecule has 0 bridgehead atoms. The van der Waals surface area contributed by atoms with Gasteiger partial charge in [0, 0.05) is 11.9 Å². The van der Waals surface area contributed by atoms with Crippen molar-refractivity contribution >= 4 is 17.7 Å². The van der Waals surface area contributed by atoms with Crippen molar-refractivity contribution in [1.82, 2.24) is 0 Å². The highest BCUT2D eigenvalue weighted by Crippen LogP contribution is 2.27. The number of hydrogen-bond donors (Lipinski definition) is 2. The fourth-order valence-electron chi connectivity index (χ4n) is 1.46. The minimum absolute atomic E-state index is 0.281. The molecule has 88 valence electrons. The van der Waals surface area contributed by atoms with Gasteiger partial charge in [0.05, 0.1) is 6.10 Å². The van der Waals surface area contributed by atoms with Crippen molar-refractivity contribution in [3.63, 3.8) is 0 Å². The normalized spacial score (nSPS) is 30.1. The van der Waals surface area contributed by atoms with Gasteiger partial charge in [0.2, 0.25) is 0 Å². The Balaban J connectivity index is 2.24. The molecule has 1 saturated heterocycles. The molecule has 0 saturated carbocycles. The van der Waals surface area contributed by atoms with E-state index in [1.807, 2.05) is 0 Å². The second-order valence-corrected chi connectivity index (χ2v) is 5.59. The molecule has 1 fully saturated rings. The molecule has 3 unspecified atom stereocenters. The van der Waals surface area contributed by atoms with Crippen LogP contribution in [0.15, 0.2) is 0 Å². The molecule has 4 nitrogen and oxygen atoms in total. The Kier molecular flexibility index (Phi) is 4.43. The van der Waals surface area contributed by atoms with E-state index in [1.165, 1.54) is 0 Å². The molecule has 5 heteroatoms. The van der Waals surface area contributed by atoms with Crippen LogP contribution >= 0.6 is 11.8 Å². The summed E-state index contributed by atoms with van der Waals surface area (Å²) < 4.78 is 5.43. The van der Waals surface area contributed by atoms with Gasteiger partial charge in [-0.3, -0.25) is 4.79 Å². The van der Waals surface area contributed by atoms with Crippen LogP contribution in [0, 0.1) is 0 Å². The lowest BCUT2D eigenvalue weighted by Crippen LogP contribution is -2.45. The summed E-state index contributed by atoms with van der Waals surface area (Å²) in [5.41, 5.74) is 4.53. The summed E-state index contributed by atoms with van der Waals surface area (Å²) in [6.07, 6.45) is 1.83. The van der Waals surface area contributed by atoms with E-state index in [0.717, 1.165) is 18.8 Å². The van der Waals surface area contributed by atoms with Crippen LogP contribution < -0.4 is 5.73 Å². The third kappa shape index (κ3) is 3.66. The predicted molar refractivity (Wildman–Crippen MR) is 61.1 cm³/mol. The van der Waals surface area contributed by atoms with Crippen molar-refractivity contribution < 1.29 is 14.6 Å². The van der Waals surface area contributed by atoms with E-state index in [2.05, 4.69) is 6.92 Å². The Morgan fingerprint density at radius 2 is 2.40 bits per heavy atom. The van der Waals surface area contributed by atoms with Gasteiger partial charge >= 0.3 is 5.97 Å². The molecule has 0 aromatic carbocycles. The molecule has 3 atom stereocenters. The maximum Gasteiger partial charge on any atom is 0.323 e. The zero-order valence-electron chi connectivity index (χ0n) is 9.23. The molecule has 1 heterocycles. The van der Waals surface area contributed by atoms with Crippen LogP contribution in [0.1, 0.15) is 26.7 Å². The minimum Gasteiger partial charge on any atom is -0.480 e. The molecule has 3 N–H and O–H groups in total. The molecule has 0 aromatic heterocycles. The molecule has 1 rings (SSSR count). The quantitative estimate of drug-likeness (QED) is 0.743. The summed E-state index contributed by atoms with van der Waals surface area (Å²) in [6.45, 7) is 4.44. The fourth-order valence-corrected chi connectivity index (χ4v) is 2.92. The predicted octanol–water partition coefficient (Wildman–Crippen LogP) is 1.09.